The number of nitrogens with one attached hydrogen (secondary N) is 5. The Balaban J connectivity index is 0.0000000967. The van der Waals surface area contributed by atoms with Gasteiger partial charge >= 0.3 is 0 Å². The summed E-state index contributed by atoms with van der Waals surface area (Å²) in [4.78, 5) is 30.6. The van der Waals surface area contributed by atoms with E-state index in [9.17, 15) is 29.9 Å². The number of methoxy groups -OCH3 is 7. The first-order valence-electron chi connectivity index (χ1n) is 44.3. The third kappa shape index (κ3) is 14.0. The van der Waals surface area contributed by atoms with E-state index < -0.39 is 0 Å². The number of aromatic amines is 5. The molecule has 10 N–H and O–H groups in total. The largest absolute Gasteiger partial charge is 0.504 e. The van der Waals surface area contributed by atoms with Gasteiger partial charge in [-0.1, -0.05) is 54.1 Å². The van der Waals surface area contributed by atoms with Crippen molar-refractivity contribution < 1.29 is 63.1 Å². The Hall–Kier alpha value is -12.8. The molecule has 22 nitrogen and oxygen atoms in total. The lowest BCUT2D eigenvalue weighted by atomic mass is 9.86. The third-order valence-corrected chi connectivity index (χ3v) is 29.1. The molecular weight excluding hydrogens is 1600 g/mol. The molecule has 0 radical (unpaired) electrons. The highest BCUT2D eigenvalue weighted by atomic mass is 19.1. The molecule has 0 amide bonds. The number of nitrogens with zero attached hydrogens (tertiary/aromatic N) is 5. The zero-order valence-corrected chi connectivity index (χ0v) is 73.2. The molecule has 5 atom stereocenters. The molecule has 25 rings (SSSR count). The average molecular weight is 1710 g/mol. The van der Waals surface area contributed by atoms with Gasteiger partial charge in [0, 0.05) is 182 Å². The van der Waals surface area contributed by atoms with Crippen LogP contribution in [0.5, 0.6) is 69.0 Å². The second-order valence-corrected chi connectivity index (χ2v) is 35.7. The predicted molar refractivity (Wildman–Crippen MR) is 490 cm³/mol. The number of aryl methyl sites for hydroxylation is 2. The minimum absolute atomic E-state index is 0.189. The van der Waals surface area contributed by atoms with Gasteiger partial charge in [-0.3, -0.25) is 24.5 Å². The molecule has 23 heteroatoms. The van der Waals surface area contributed by atoms with Crippen molar-refractivity contribution in [2.45, 2.75) is 141 Å². The molecule has 0 saturated carbocycles. The van der Waals surface area contributed by atoms with Crippen molar-refractivity contribution in [2.24, 2.45) is 0 Å². The van der Waals surface area contributed by atoms with Crippen molar-refractivity contribution in [3.05, 3.63) is 281 Å². The van der Waals surface area contributed by atoms with E-state index in [0.29, 0.717) is 52.9 Å². The van der Waals surface area contributed by atoms with Gasteiger partial charge in [-0.25, -0.2) is 4.39 Å². The third-order valence-electron chi connectivity index (χ3n) is 29.1. The lowest BCUT2D eigenvalue weighted by Crippen LogP contribution is -2.39. The molecule has 10 aromatic carbocycles. The molecule has 0 unspecified atom stereocenters. The summed E-state index contributed by atoms with van der Waals surface area (Å²) in [7, 11) is 11.5. The number of hydrogen-bond acceptors (Lipinski definition) is 17. The number of fused-ring (bicyclic) bond motifs is 30. The number of halogens is 1. The van der Waals surface area contributed by atoms with E-state index in [-0.39, 0.29) is 40.6 Å². The molecule has 0 saturated heterocycles. The van der Waals surface area contributed by atoms with Crippen LogP contribution in [-0.2, 0) is 96.9 Å². The fourth-order valence-electron chi connectivity index (χ4n) is 22.9. The van der Waals surface area contributed by atoms with E-state index in [4.69, 9.17) is 33.2 Å². The number of phenols is 5. The van der Waals surface area contributed by atoms with E-state index in [1.165, 1.54) is 139 Å². The lowest BCUT2D eigenvalue weighted by Gasteiger charge is -2.40. The number of hydrogen-bond donors (Lipinski definition) is 10. The van der Waals surface area contributed by atoms with Gasteiger partial charge in [-0.05, 0) is 236 Å². The Labute approximate surface area is 736 Å². The van der Waals surface area contributed by atoms with Crippen molar-refractivity contribution in [2.75, 3.05) is 82.5 Å². The van der Waals surface area contributed by atoms with Gasteiger partial charge in [0.1, 0.15) is 17.3 Å². The van der Waals surface area contributed by atoms with Crippen LogP contribution in [0.15, 0.2) is 152 Å². The Morgan fingerprint density at radius 1 is 0.268 bits per heavy atom. The van der Waals surface area contributed by atoms with Crippen LogP contribution in [0.2, 0.25) is 0 Å². The summed E-state index contributed by atoms with van der Waals surface area (Å²) in [6.07, 6.45) is 9.64. The van der Waals surface area contributed by atoms with Gasteiger partial charge in [0.15, 0.2) is 57.5 Å². The van der Waals surface area contributed by atoms with Crippen LogP contribution in [-0.4, -0.2) is 157 Å². The first kappa shape index (κ1) is 81.3. The second kappa shape index (κ2) is 32.6. The van der Waals surface area contributed by atoms with E-state index in [1.54, 1.807) is 86.2 Å². The van der Waals surface area contributed by atoms with Crippen LogP contribution >= 0.6 is 0 Å². The highest BCUT2D eigenvalue weighted by Gasteiger charge is 2.43. The van der Waals surface area contributed by atoms with Gasteiger partial charge in [0.05, 0.1) is 80.0 Å². The van der Waals surface area contributed by atoms with Gasteiger partial charge < -0.3 is 83.6 Å². The number of ether oxygens (including phenoxy) is 7. The smallest absolute Gasteiger partial charge is 0.165 e. The van der Waals surface area contributed by atoms with Crippen molar-refractivity contribution in [3.63, 3.8) is 0 Å². The minimum Gasteiger partial charge on any atom is -0.504 e. The van der Waals surface area contributed by atoms with E-state index in [0.717, 1.165) is 185 Å². The van der Waals surface area contributed by atoms with Crippen LogP contribution in [0.3, 0.4) is 0 Å². The molecule has 0 fully saturated rings. The molecule has 0 aliphatic carbocycles. The summed E-state index contributed by atoms with van der Waals surface area (Å²) < 4.78 is 51.8. The lowest BCUT2D eigenvalue weighted by molar-refractivity contribution is 0.155. The maximum Gasteiger partial charge on any atom is 0.165 e. The molecule has 10 aliphatic rings. The summed E-state index contributed by atoms with van der Waals surface area (Å²) in [5, 5.41) is 56.8. The number of rotatable bonds is 7. The summed E-state index contributed by atoms with van der Waals surface area (Å²) in [6, 6.07) is 51.4. The average Bonchev–Trinajstić information content (AvgIpc) is 1.66. The van der Waals surface area contributed by atoms with E-state index in [1.807, 2.05) is 48.5 Å². The van der Waals surface area contributed by atoms with Crippen LogP contribution in [0.25, 0.3) is 54.5 Å². The Morgan fingerprint density at radius 3 is 0.882 bits per heavy atom. The number of phenolic OH excluding ortho intramolecular Hbond substituents is 5. The van der Waals surface area contributed by atoms with Crippen LogP contribution < -0.4 is 33.2 Å². The molecule has 15 heterocycles. The van der Waals surface area contributed by atoms with Gasteiger partial charge in [-0.2, -0.15) is 0 Å². The number of H-pyrrole nitrogens is 5. The Kier molecular flexibility index (Phi) is 20.9. The molecule has 10 aliphatic heterocycles. The Morgan fingerprint density at radius 2 is 0.535 bits per heavy atom. The predicted octanol–water partition coefficient (Wildman–Crippen LogP) is 18.5. The first-order chi connectivity index (χ1) is 61.8. The van der Waals surface area contributed by atoms with Crippen LogP contribution in [0.1, 0.15) is 153 Å². The molecule has 15 aromatic rings. The minimum atomic E-state index is -0.189. The topological polar surface area (TPSA) is 261 Å². The van der Waals surface area contributed by atoms with Crippen molar-refractivity contribution in [1.82, 2.24) is 49.4 Å². The first-order valence-corrected chi connectivity index (χ1v) is 44.3. The maximum absolute atomic E-state index is 13.7. The molecular formula is C104H107FN10O12. The number of benzene rings is 10. The maximum atomic E-state index is 13.7. The summed E-state index contributed by atoms with van der Waals surface area (Å²) in [6.45, 7) is 13.3. The van der Waals surface area contributed by atoms with Gasteiger partial charge in [0.25, 0.3) is 0 Å². The molecule has 0 bridgehead atoms. The van der Waals surface area contributed by atoms with Crippen LogP contribution in [0.4, 0.5) is 4.39 Å². The molecule has 127 heavy (non-hydrogen) atoms. The summed E-state index contributed by atoms with van der Waals surface area (Å²) in [5.74, 6) is 5.78. The van der Waals surface area contributed by atoms with Crippen molar-refractivity contribution in [1.29, 1.82) is 0 Å². The second-order valence-electron chi connectivity index (χ2n) is 35.7. The summed E-state index contributed by atoms with van der Waals surface area (Å²) >= 11 is 0. The van der Waals surface area contributed by atoms with Gasteiger partial charge in [0.2, 0.25) is 0 Å². The fourth-order valence-corrected chi connectivity index (χ4v) is 22.9. The normalized spacial score (nSPS) is 19.2. The van der Waals surface area contributed by atoms with Crippen LogP contribution in [0, 0.1) is 19.7 Å². The SMILES string of the molecule is COc1c(O)ccc2c1CN1CCc3c([nH]c4cc(C)ccc34)[C@@H]1C2.COc1c(O)ccc2c1CN1CCc3c([nH]c4ccc(C)cc34)[C@@H]1C2.COc1c(O)ccc2c1CN1CCc3c([nH]c4ccc(F)cc34)[C@@H]1C2.COc1ccc2[nH]c3c(c2c1)CCN1Cc2c(ccc(O)c2OC)C[C@@H]31.COc1ccc2c3c([nH]c2c1)[C@@H]1Cc2ccc(O)c(OC)c2CN1CC3. The standard InChI is InChI=1S/2C21H22N2O3.2C21H22N2O2.C20H19FN2O2/c1-25-13-4-5-17-15(10-13)14-7-8-23-11-16-12(9-18(23)20(14)22-17)3-6-19(24)21(16)26-2;1-25-13-4-5-14-15-7-8-23-11-16-12(3-6-19(24)21(16)26-2)9-18(23)20(15)22-17(14)10-13;1-12-3-5-17-15(9-12)14-7-8-23-11-16-13(10-18(23)20(14)22-17)4-6-19(24)21(16)25-2;1-12-3-5-14-15-7-8-23-11-16-13(4-6-19(24)21(16)25-2)10-18(23)20(15)22-17(14)9-12;1-25-20-15-10-23-7-6-13-14-9-12(21)3-4-16(14)22-19(13)17(23)8-11(15)2-5-18(20)24/h2*3-6,10,18,22,24H,7-9,11H2,1-2H3;2*3-6,9,18,22,24H,7-8,10-11H2,1-2H3;2-5,9,17,22,24H,6-8,10H2,1H3/t4*18-;17-/m00000/s1. The van der Waals surface area contributed by atoms with E-state index in [2.05, 4.69) is 124 Å². The van der Waals surface area contributed by atoms with E-state index >= 15 is 0 Å². The zero-order valence-electron chi connectivity index (χ0n) is 73.2. The summed E-state index contributed by atoms with van der Waals surface area (Å²) in [5.41, 5.74) is 33.9. The molecule has 5 aromatic heterocycles. The Bertz CT molecular complexity index is 6550. The monoisotopic (exact) mass is 1710 g/mol. The van der Waals surface area contributed by atoms with Crippen molar-refractivity contribution >= 4 is 54.5 Å². The van der Waals surface area contributed by atoms with Crippen molar-refractivity contribution in [3.8, 4) is 69.0 Å². The van der Waals surface area contributed by atoms with Gasteiger partial charge in [-0.15, -0.1) is 0 Å². The highest BCUT2D eigenvalue weighted by molar-refractivity contribution is 5.90. The quantitative estimate of drug-likeness (QED) is 0.0711. The number of aromatic nitrogens is 5. The highest BCUT2D eigenvalue weighted by Crippen LogP contribution is 2.52. The number of aromatic hydroxyl groups is 5. The fraction of sp³-hybridized carbons (Fsp3) is 0.327. The zero-order chi connectivity index (χ0) is 87.1. The molecule has 652 valence electrons. The molecule has 0 spiro atoms.